The molecule has 0 aromatic rings. The molecule has 3 nitrogen and oxygen atoms in total. The van der Waals surface area contributed by atoms with Crippen LogP contribution in [-0.2, 0) is 9.59 Å². The highest BCUT2D eigenvalue weighted by Crippen LogP contribution is 2.23. The maximum Gasteiger partial charge on any atom is 0.230 e. The monoisotopic (exact) mass is 183 g/mol. The van der Waals surface area contributed by atoms with E-state index in [9.17, 15) is 9.59 Å². The zero-order valence-corrected chi connectivity index (χ0v) is 8.59. The number of hydrogen-bond donors (Lipinski definition) is 0. The van der Waals surface area contributed by atoms with Gasteiger partial charge in [0, 0.05) is 6.54 Å². The lowest BCUT2D eigenvalue weighted by Gasteiger charge is -2.28. The molecule has 1 aliphatic heterocycles. The molecule has 3 heteroatoms. The van der Waals surface area contributed by atoms with E-state index in [0.29, 0.717) is 13.1 Å². The van der Waals surface area contributed by atoms with Crippen molar-refractivity contribution in [3.8, 4) is 0 Å². The average molecular weight is 183 g/mol. The molecule has 0 aliphatic carbocycles. The molecule has 1 heterocycles. The summed E-state index contributed by atoms with van der Waals surface area (Å²) in [5.74, 6) is 0.0448. The van der Waals surface area contributed by atoms with Crippen LogP contribution in [0, 0.1) is 5.41 Å². The van der Waals surface area contributed by atoms with Crippen LogP contribution in [0.25, 0.3) is 0 Å². The van der Waals surface area contributed by atoms with Crippen molar-refractivity contribution in [3.63, 3.8) is 0 Å². The normalized spacial score (nSPS) is 18.5. The molecule has 0 unspecified atom stereocenters. The van der Waals surface area contributed by atoms with Gasteiger partial charge in [-0.05, 0) is 11.8 Å². The van der Waals surface area contributed by atoms with Gasteiger partial charge in [-0.25, -0.2) is 0 Å². The van der Waals surface area contributed by atoms with Crippen LogP contribution < -0.4 is 0 Å². The summed E-state index contributed by atoms with van der Waals surface area (Å²) in [6.07, 6.45) is 1.13. The average Bonchev–Trinajstić information content (AvgIpc) is 2.30. The fourth-order valence-corrected chi connectivity index (χ4v) is 1.41. The van der Waals surface area contributed by atoms with Crippen molar-refractivity contribution in [2.45, 2.75) is 33.6 Å². The Labute approximate surface area is 79.1 Å². The van der Waals surface area contributed by atoms with E-state index >= 15 is 0 Å². The molecule has 1 amide bonds. The Morgan fingerprint density at radius 3 is 2.38 bits per heavy atom. The van der Waals surface area contributed by atoms with E-state index in [0.717, 1.165) is 6.42 Å². The van der Waals surface area contributed by atoms with Crippen molar-refractivity contribution >= 4 is 11.7 Å². The Morgan fingerprint density at radius 2 is 2.00 bits per heavy atom. The summed E-state index contributed by atoms with van der Waals surface area (Å²) in [5, 5.41) is 0. The predicted molar refractivity (Wildman–Crippen MR) is 50.3 cm³/mol. The smallest absolute Gasteiger partial charge is 0.230 e. The van der Waals surface area contributed by atoms with Crippen LogP contribution in [0.4, 0.5) is 0 Å². The Kier molecular flexibility index (Phi) is 2.74. The van der Waals surface area contributed by atoms with Gasteiger partial charge < -0.3 is 4.90 Å². The van der Waals surface area contributed by atoms with Crippen molar-refractivity contribution in [2.24, 2.45) is 5.41 Å². The lowest BCUT2D eigenvalue weighted by atomic mass is 9.90. The number of carbonyl (C=O) groups excluding carboxylic acids is 2. The number of nitrogens with zero attached hydrogens (tertiary/aromatic N) is 1. The third-order valence-corrected chi connectivity index (χ3v) is 2.64. The Balaban J connectivity index is 2.55. The van der Waals surface area contributed by atoms with Gasteiger partial charge >= 0.3 is 0 Å². The zero-order valence-electron chi connectivity index (χ0n) is 8.59. The summed E-state index contributed by atoms with van der Waals surface area (Å²) in [6, 6.07) is 0. The first kappa shape index (κ1) is 10.2. The van der Waals surface area contributed by atoms with Gasteiger partial charge in [-0.2, -0.15) is 0 Å². The van der Waals surface area contributed by atoms with Crippen molar-refractivity contribution < 1.29 is 9.59 Å². The molecule has 0 saturated carbocycles. The molecular formula is C10H17NO2. The molecule has 0 aromatic carbocycles. The van der Waals surface area contributed by atoms with Gasteiger partial charge in [0.2, 0.25) is 5.91 Å². The minimum atomic E-state index is -0.00785. The van der Waals surface area contributed by atoms with Gasteiger partial charge in [0.1, 0.15) is 0 Å². The minimum Gasteiger partial charge on any atom is -0.334 e. The summed E-state index contributed by atoms with van der Waals surface area (Å²) in [6.45, 7) is 7.35. The summed E-state index contributed by atoms with van der Waals surface area (Å²) < 4.78 is 0. The molecular weight excluding hydrogens is 166 g/mol. The Morgan fingerprint density at radius 1 is 1.38 bits per heavy atom. The SMILES string of the molecule is CCC(C)(C)CN1CC(=O)CC1=O. The van der Waals surface area contributed by atoms with Crippen LogP contribution in [0.3, 0.4) is 0 Å². The number of hydrogen-bond acceptors (Lipinski definition) is 2. The van der Waals surface area contributed by atoms with Crippen molar-refractivity contribution in [2.75, 3.05) is 13.1 Å². The third-order valence-electron chi connectivity index (χ3n) is 2.64. The highest BCUT2D eigenvalue weighted by Gasteiger charge is 2.31. The van der Waals surface area contributed by atoms with E-state index in [1.165, 1.54) is 0 Å². The standard InChI is InChI=1S/C10H17NO2/c1-4-10(2,3)7-11-6-8(12)5-9(11)13/h4-7H2,1-3H3. The fourth-order valence-electron chi connectivity index (χ4n) is 1.41. The van der Waals surface area contributed by atoms with Crippen molar-refractivity contribution in [1.82, 2.24) is 4.90 Å². The number of ketones is 1. The van der Waals surface area contributed by atoms with E-state index in [1.807, 2.05) is 0 Å². The fraction of sp³-hybridized carbons (Fsp3) is 0.800. The molecule has 0 bridgehead atoms. The summed E-state index contributed by atoms with van der Waals surface area (Å²) in [5.41, 5.74) is 0.125. The lowest BCUT2D eigenvalue weighted by molar-refractivity contribution is -0.129. The molecule has 0 spiro atoms. The van der Waals surface area contributed by atoms with Crippen LogP contribution in [0.2, 0.25) is 0 Å². The maximum atomic E-state index is 11.3. The van der Waals surface area contributed by atoms with Gasteiger partial charge in [0.05, 0.1) is 13.0 Å². The molecule has 0 radical (unpaired) electrons. The molecule has 13 heavy (non-hydrogen) atoms. The van der Waals surface area contributed by atoms with Gasteiger partial charge in [-0.15, -0.1) is 0 Å². The van der Waals surface area contributed by atoms with E-state index < -0.39 is 0 Å². The van der Waals surface area contributed by atoms with Gasteiger partial charge in [-0.3, -0.25) is 9.59 Å². The number of carbonyl (C=O) groups is 2. The highest BCUT2D eigenvalue weighted by atomic mass is 16.2. The zero-order chi connectivity index (χ0) is 10.1. The number of amides is 1. The van der Waals surface area contributed by atoms with E-state index in [2.05, 4.69) is 20.8 Å². The van der Waals surface area contributed by atoms with Crippen LogP contribution in [0.1, 0.15) is 33.6 Å². The molecule has 1 fully saturated rings. The third kappa shape index (κ3) is 2.54. The van der Waals surface area contributed by atoms with Gasteiger partial charge in [0.15, 0.2) is 5.78 Å². The first-order valence-corrected chi connectivity index (χ1v) is 4.74. The number of rotatable bonds is 3. The number of Topliss-reactive ketones (excluding diaryl/α,β-unsaturated/α-hetero) is 1. The Hall–Kier alpha value is -0.860. The second kappa shape index (κ2) is 3.48. The largest absolute Gasteiger partial charge is 0.334 e. The van der Waals surface area contributed by atoms with Crippen molar-refractivity contribution in [3.05, 3.63) is 0 Å². The van der Waals surface area contributed by atoms with Crippen LogP contribution in [0.5, 0.6) is 0 Å². The second-order valence-corrected chi connectivity index (χ2v) is 4.48. The first-order chi connectivity index (χ1) is 5.94. The summed E-state index contributed by atoms with van der Waals surface area (Å²) in [7, 11) is 0. The first-order valence-electron chi connectivity index (χ1n) is 4.74. The molecule has 0 aromatic heterocycles. The van der Waals surface area contributed by atoms with Crippen LogP contribution >= 0.6 is 0 Å². The van der Waals surface area contributed by atoms with Gasteiger partial charge in [-0.1, -0.05) is 20.8 Å². The van der Waals surface area contributed by atoms with E-state index in [1.54, 1.807) is 4.90 Å². The van der Waals surface area contributed by atoms with E-state index in [-0.39, 0.29) is 23.5 Å². The quantitative estimate of drug-likeness (QED) is 0.617. The molecule has 0 N–H and O–H groups in total. The van der Waals surface area contributed by atoms with Gasteiger partial charge in [0.25, 0.3) is 0 Å². The molecule has 1 aliphatic rings. The lowest BCUT2D eigenvalue weighted by Crippen LogP contribution is -2.35. The molecule has 1 rings (SSSR count). The summed E-state index contributed by atoms with van der Waals surface area (Å²) >= 11 is 0. The van der Waals surface area contributed by atoms with E-state index in [4.69, 9.17) is 0 Å². The predicted octanol–water partition coefficient (Wildman–Crippen LogP) is 1.22. The van der Waals surface area contributed by atoms with Crippen LogP contribution in [-0.4, -0.2) is 29.7 Å². The minimum absolute atomic E-state index is 0.00785. The number of likely N-dealkylation sites (tertiary alicyclic amines) is 1. The summed E-state index contributed by atoms with van der Waals surface area (Å²) in [4.78, 5) is 23.9. The second-order valence-electron chi connectivity index (χ2n) is 4.48. The maximum absolute atomic E-state index is 11.3. The molecule has 0 atom stereocenters. The molecule has 74 valence electrons. The topological polar surface area (TPSA) is 37.4 Å². The Bertz CT molecular complexity index is 233. The van der Waals surface area contributed by atoms with Crippen molar-refractivity contribution in [1.29, 1.82) is 0 Å². The molecule has 1 saturated heterocycles. The highest BCUT2D eigenvalue weighted by molar-refractivity contribution is 6.05. The van der Waals surface area contributed by atoms with Crippen LogP contribution in [0.15, 0.2) is 0 Å².